The van der Waals surface area contributed by atoms with Crippen LogP contribution in [0.5, 0.6) is 0 Å². The minimum absolute atomic E-state index is 0.0534. The maximum absolute atomic E-state index is 12.2. The molecular weight excluding hydrogens is 286 g/mol. The number of carbonyl (C=O) groups excluding carboxylic acids is 2. The molecule has 2 aliphatic heterocycles. The van der Waals surface area contributed by atoms with Crippen LogP contribution in [0.4, 0.5) is 0 Å². The zero-order valence-corrected chi connectivity index (χ0v) is 12.7. The van der Waals surface area contributed by atoms with Gasteiger partial charge in [0, 0.05) is 26.0 Å². The molecule has 1 unspecified atom stereocenters. The van der Waals surface area contributed by atoms with Gasteiger partial charge in [0.25, 0.3) is 5.91 Å². The monoisotopic (exact) mass is 305 g/mol. The van der Waals surface area contributed by atoms with E-state index in [0.29, 0.717) is 26.2 Å². The third kappa shape index (κ3) is 2.55. The van der Waals surface area contributed by atoms with Crippen LogP contribution >= 0.6 is 0 Å². The summed E-state index contributed by atoms with van der Waals surface area (Å²) in [4.78, 5) is 35.5. The summed E-state index contributed by atoms with van der Waals surface area (Å²) in [5.41, 5.74) is -0.385. The van der Waals surface area contributed by atoms with Crippen molar-refractivity contribution < 1.29 is 14.3 Å². The van der Waals surface area contributed by atoms with Crippen molar-refractivity contribution in [3.63, 3.8) is 0 Å². The van der Waals surface area contributed by atoms with Crippen LogP contribution in [-0.4, -0.2) is 83.6 Å². The van der Waals surface area contributed by atoms with Gasteiger partial charge in [0.05, 0.1) is 19.7 Å². The van der Waals surface area contributed by atoms with Crippen LogP contribution in [0.3, 0.4) is 0 Å². The first-order valence-corrected chi connectivity index (χ1v) is 7.17. The van der Waals surface area contributed by atoms with Crippen molar-refractivity contribution in [2.45, 2.75) is 11.6 Å². The smallest absolute Gasteiger partial charge is 0.291 e. The molecule has 118 valence electrons. The summed E-state index contributed by atoms with van der Waals surface area (Å²) >= 11 is 0. The van der Waals surface area contributed by atoms with Crippen molar-refractivity contribution in [1.29, 1.82) is 0 Å². The minimum Gasteiger partial charge on any atom is -0.368 e. The highest BCUT2D eigenvalue weighted by Crippen LogP contribution is 2.31. The van der Waals surface area contributed by atoms with Gasteiger partial charge in [-0.15, -0.1) is 0 Å². The Morgan fingerprint density at radius 1 is 1.32 bits per heavy atom. The summed E-state index contributed by atoms with van der Waals surface area (Å²) in [7, 11) is 3.51. The van der Waals surface area contributed by atoms with E-state index in [2.05, 4.69) is 15.3 Å². The number of hydrogen-bond acceptors (Lipinski definition) is 6. The highest BCUT2D eigenvalue weighted by Gasteiger charge is 2.51. The lowest BCUT2D eigenvalue weighted by Crippen LogP contribution is -2.73. The van der Waals surface area contributed by atoms with Crippen LogP contribution in [0.15, 0.2) is 18.5 Å². The van der Waals surface area contributed by atoms with E-state index in [0.717, 1.165) is 0 Å². The molecule has 0 saturated carbocycles. The van der Waals surface area contributed by atoms with Gasteiger partial charge in [-0.3, -0.25) is 14.5 Å². The summed E-state index contributed by atoms with van der Waals surface area (Å²) in [6.45, 7) is 1.94. The maximum atomic E-state index is 12.2. The molecule has 0 aliphatic carbocycles. The van der Waals surface area contributed by atoms with Gasteiger partial charge in [0.2, 0.25) is 11.7 Å². The Morgan fingerprint density at radius 3 is 2.59 bits per heavy atom. The largest absolute Gasteiger partial charge is 0.368 e. The van der Waals surface area contributed by atoms with Crippen LogP contribution in [0.25, 0.3) is 0 Å². The number of rotatable bonds is 2. The second-order valence-corrected chi connectivity index (χ2v) is 5.77. The molecule has 1 N–H and O–H groups in total. The van der Waals surface area contributed by atoms with Crippen molar-refractivity contribution in [2.24, 2.45) is 0 Å². The molecule has 2 saturated heterocycles. The van der Waals surface area contributed by atoms with E-state index < -0.39 is 0 Å². The first-order chi connectivity index (χ1) is 10.5. The summed E-state index contributed by atoms with van der Waals surface area (Å²) in [6.07, 6.45) is 3.10. The minimum atomic E-state index is -0.385. The number of carbonyl (C=O) groups is 2. The number of hydrogen-bond donors (Lipinski definition) is 1. The first kappa shape index (κ1) is 14.9. The summed E-state index contributed by atoms with van der Waals surface area (Å²) < 4.78 is 5.89. The predicted octanol–water partition coefficient (Wildman–Crippen LogP) is -1.25. The zero-order valence-electron chi connectivity index (χ0n) is 12.7. The van der Waals surface area contributed by atoms with Crippen molar-refractivity contribution >= 4 is 11.8 Å². The fraction of sp³-hybridized carbons (Fsp3) is 0.571. The van der Waals surface area contributed by atoms with E-state index in [1.807, 2.05) is 11.9 Å². The number of likely N-dealkylation sites (N-methyl/N-ethyl adjacent to an activating group) is 2. The molecule has 0 aromatic carbocycles. The lowest BCUT2D eigenvalue weighted by Gasteiger charge is -2.54. The van der Waals surface area contributed by atoms with Gasteiger partial charge >= 0.3 is 0 Å². The summed E-state index contributed by atoms with van der Waals surface area (Å²) in [5, 5.41) is 2.64. The Labute approximate surface area is 128 Å². The third-order valence-electron chi connectivity index (χ3n) is 4.17. The van der Waals surface area contributed by atoms with Gasteiger partial charge < -0.3 is 15.0 Å². The van der Waals surface area contributed by atoms with Crippen molar-refractivity contribution in [3.05, 3.63) is 24.3 Å². The summed E-state index contributed by atoms with van der Waals surface area (Å²) in [6, 6.07) is 1.39. The summed E-state index contributed by atoms with van der Waals surface area (Å²) in [5.74, 6) is -0.0436. The first-order valence-electron chi connectivity index (χ1n) is 7.17. The fourth-order valence-electron chi connectivity index (χ4n) is 2.97. The van der Waals surface area contributed by atoms with Crippen LogP contribution in [0, 0.1) is 0 Å². The Hall–Kier alpha value is -2.06. The average Bonchev–Trinajstić information content (AvgIpc) is 2.52. The molecule has 22 heavy (non-hydrogen) atoms. The molecule has 8 nitrogen and oxygen atoms in total. The predicted molar refractivity (Wildman–Crippen MR) is 77.1 cm³/mol. The zero-order chi connectivity index (χ0) is 15.7. The second kappa shape index (κ2) is 5.62. The van der Waals surface area contributed by atoms with E-state index in [1.165, 1.54) is 0 Å². The van der Waals surface area contributed by atoms with Crippen LogP contribution in [0.1, 0.15) is 10.6 Å². The number of morpholine rings is 1. The SMILES string of the molecule is CNC(=O)C1COC2(CN(C(=O)c3ncccn3)C2)CN1C. The lowest BCUT2D eigenvalue weighted by atomic mass is 9.90. The number of aromatic nitrogens is 2. The number of nitrogens with zero attached hydrogens (tertiary/aromatic N) is 4. The maximum Gasteiger partial charge on any atom is 0.291 e. The van der Waals surface area contributed by atoms with E-state index >= 15 is 0 Å². The lowest BCUT2D eigenvalue weighted by molar-refractivity contribution is -0.187. The Bertz CT molecular complexity index is 573. The van der Waals surface area contributed by atoms with Gasteiger partial charge in [-0.2, -0.15) is 0 Å². The van der Waals surface area contributed by atoms with Crippen LogP contribution in [-0.2, 0) is 9.53 Å². The molecule has 2 amide bonds. The van der Waals surface area contributed by atoms with Crippen molar-refractivity contribution in [1.82, 2.24) is 25.1 Å². The van der Waals surface area contributed by atoms with Gasteiger partial charge in [-0.1, -0.05) is 0 Å². The molecule has 3 rings (SSSR count). The third-order valence-corrected chi connectivity index (χ3v) is 4.17. The highest BCUT2D eigenvalue weighted by atomic mass is 16.5. The molecular formula is C14H19N5O3. The van der Waals surface area contributed by atoms with Gasteiger partial charge in [-0.25, -0.2) is 9.97 Å². The van der Waals surface area contributed by atoms with E-state index in [-0.39, 0.29) is 29.3 Å². The molecule has 1 spiro atoms. The van der Waals surface area contributed by atoms with Crippen LogP contribution in [0.2, 0.25) is 0 Å². The Balaban J connectivity index is 1.59. The normalized spacial score (nSPS) is 23.9. The fourth-order valence-corrected chi connectivity index (χ4v) is 2.97. The van der Waals surface area contributed by atoms with Crippen LogP contribution < -0.4 is 5.32 Å². The highest BCUT2D eigenvalue weighted by molar-refractivity contribution is 5.91. The van der Waals surface area contributed by atoms with Crippen molar-refractivity contribution in [3.8, 4) is 0 Å². The quantitative estimate of drug-likeness (QED) is 0.734. The molecule has 1 atom stereocenters. The number of likely N-dealkylation sites (tertiary alicyclic amines) is 1. The second-order valence-electron chi connectivity index (χ2n) is 5.77. The topological polar surface area (TPSA) is 87.7 Å². The van der Waals surface area contributed by atoms with E-state index in [9.17, 15) is 9.59 Å². The Kier molecular flexibility index (Phi) is 3.79. The molecule has 2 aliphatic rings. The van der Waals surface area contributed by atoms with Gasteiger partial charge in [0.1, 0.15) is 11.6 Å². The molecule has 1 aromatic heterocycles. The standard InChI is InChI=1S/C14H19N5O3/c1-15-12(20)10-6-22-14(7-18(10)2)8-19(9-14)13(21)11-16-4-3-5-17-11/h3-5,10H,6-9H2,1-2H3,(H,15,20). The van der Waals surface area contributed by atoms with E-state index in [4.69, 9.17) is 4.74 Å². The average molecular weight is 305 g/mol. The number of amides is 2. The number of nitrogens with one attached hydrogen (secondary N) is 1. The molecule has 1 aromatic rings. The molecule has 3 heterocycles. The number of ether oxygens (including phenoxy) is 1. The molecule has 8 heteroatoms. The van der Waals surface area contributed by atoms with E-state index in [1.54, 1.807) is 30.4 Å². The van der Waals surface area contributed by atoms with Gasteiger partial charge in [-0.05, 0) is 13.1 Å². The molecule has 0 radical (unpaired) electrons. The van der Waals surface area contributed by atoms with Gasteiger partial charge in [0.15, 0.2) is 0 Å². The molecule has 0 bridgehead atoms. The molecule has 2 fully saturated rings. The van der Waals surface area contributed by atoms with Crippen molar-refractivity contribution in [2.75, 3.05) is 40.3 Å². The Morgan fingerprint density at radius 2 is 2.00 bits per heavy atom.